The molecule has 1 heterocycles. The van der Waals surface area contributed by atoms with Crippen LogP contribution in [0.25, 0.3) is 82.8 Å². The van der Waals surface area contributed by atoms with E-state index >= 15 is 0 Å². The molecule has 0 aliphatic rings. The van der Waals surface area contributed by atoms with Gasteiger partial charge in [0.25, 0.3) is 0 Å². The van der Waals surface area contributed by atoms with Gasteiger partial charge < -0.3 is 9.47 Å². The molecule has 2 nitrogen and oxygen atoms in total. The predicted octanol–water partition coefficient (Wildman–Crippen LogP) is 16.1. The van der Waals surface area contributed by atoms with E-state index < -0.39 is 0 Å². The maximum absolute atomic E-state index is 2.42. The summed E-state index contributed by atoms with van der Waals surface area (Å²) in [5.74, 6) is 0. The number of fused-ring (bicyclic) bond motifs is 5. The first kappa shape index (κ1) is 35.2. The highest BCUT2D eigenvalue weighted by atomic mass is 15.1. The van der Waals surface area contributed by atoms with E-state index in [4.69, 9.17) is 0 Å². The van der Waals surface area contributed by atoms with E-state index in [2.05, 4.69) is 252 Å². The maximum atomic E-state index is 2.42. The molecule has 11 rings (SSSR count). The van der Waals surface area contributed by atoms with E-state index in [1.807, 2.05) is 0 Å². The molecule has 0 bridgehead atoms. The maximum Gasteiger partial charge on any atom is 0.0547 e. The molecule has 10 aromatic carbocycles. The number of anilines is 3. The first-order chi connectivity index (χ1) is 29.8. The average Bonchev–Trinajstić information content (AvgIpc) is 3.68. The highest BCUT2D eigenvalue weighted by molar-refractivity contribution is 6.25. The van der Waals surface area contributed by atoms with Crippen LogP contribution in [-0.2, 0) is 0 Å². The largest absolute Gasteiger partial charge is 0.310 e. The number of aromatic nitrogens is 1. The van der Waals surface area contributed by atoms with Crippen LogP contribution in [0.3, 0.4) is 0 Å². The zero-order valence-electron chi connectivity index (χ0n) is 33.0. The summed E-state index contributed by atoms with van der Waals surface area (Å²) in [7, 11) is 0. The molecule has 11 aromatic rings. The molecule has 0 aliphatic heterocycles. The number of hydrogen-bond acceptors (Lipinski definition) is 1. The molecule has 0 saturated carbocycles. The zero-order valence-corrected chi connectivity index (χ0v) is 33.0. The van der Waals surface area contributed by atoms with Crippen LogP contribution in [0.2, 0.25) is 0 Å². The minimum Gasteiger partial charge on any atom is -0.310 e. The van der Waals surface area contributed by atoms with Crippen LogP contribution >= 0.6 is 0 Å². The van der Waals surface area contributed by atoms with Crippen molar-refractivity contribution in [2.45, 2.75) is 0 Å². The van der Waals surface area contributed by atoms with Crippen molar-refractivity contribution in [1.29, 1.82) is 0 Å². The van der Waals surface area contributed by atoms with Gasteiger partial charge in [0.1, 0.15) is 0 Å². The van der Waals surface area contributed by atoms with Gasteiger partial charge in [0.15, 0.2) is 0 Å². The minimum atomic E-state index is 1.09. The molecule has 282 valence electrons. The van der Waals surface area contributed by atoms with Gasteiger partial charge in [-0.25, -0.2) is 0 Å². The van der Waals surface area contributed by atoms with Crippen molar-refractivity contribution >= 4 is 49.6 Å². The summed E-state index contributed by atoms with van der Waals surface area (Å²) in [5, 5.41) is 5.02. The Bertz CT molecular complexity index is 3270. The van der Waals surface area contributed by atoms with Gasteiger partial charge >= 0.3 is 0 Å². The quantitative estimate of drug-likeness (QED) is 0.150. The van der Waals surface area contributed by atoms with E-state index in [1.54, 1.807) is 0 Å². The van der Waals surface area contributed by atoms with Crippen molar-refractivity contribution in [3.05, 3.63) is 243 Å². The second kappa shape index (κ2) is 15.1. The van der Waals surface area contributed by atoms with Crippen LogP contribution in [0.4, 0.5) is 17.1 Å². The summed E-state index contributed by atoms with van der Waals surface area (Å²) in [6.07, 6.45) is 0. The lowest BCUT2D eigenvalue weighted by Gasteiger charge is -2.27. The molecular weight excluding hydrogens is 725 g/mol. The number of hydrogen-bond donors (Lipinski definition) is 0. The Morgan fingerprint density at radius 2 is 0.767 bits per heavy atom. The zero-order chi connectivity index (χ0) is 39.8. The monoisotopic (exact) mass is 764 g/mol. The summed E-state index contributed by atoms with van der Waals surface area (Å²) in [4.78, 5) is 2.39. The SMILES string of the molecule is c1ccc(-c2ccc(-c3ccc(N(c4cccc(-c5ccccc5)c4)c4cccc(-c5cccc6c5c5c7ccccc7ccc5n6-c5ccccc5)c4)cc3)cc2)cc1. The Kier molecular flexibility index (Phi) is 8.87. The fourth-order valence-electron chi connectivity index (χ4n) is 8.93. The normalized spacial score (nSPS) is 11.3. The molecule has 0 spiro atoms. The lowest BCUT2D eigenvalue weighted by atomic mass is 9.96. The van der Waals surface area contributed by atoms with Gasteiger partial charge in [0.2, 0.25) is 0 Å². The van der Waals surface area contributed by atoms with Gasteiger partial charge in [0, 0.05) is 33.5 Å². The summed E-state index contributed by atoms with van der Waals surface area (Å²) in [5.41, 5.74) is 16.4. The van der Waals surface area contributed by atoms with Crippen molar-refractivity contribution in [3.63, 3.8) is 0 Å². The molecule has 2 heteroatoms. The standard InChI is InChI=1S/C58H40N2/c1-4-15-41(16-5-1)43-29-31-44(32-30-43)45-33-36-50(37-34-45)59(51-24-12-20-47(39-51)42-17-6-2-7-18-42)52-25-13-21-48(40-52)54-27-14-28-55-58(54)57-53-26-11-10-19-46(53)35-38-56(57)60(55)49-22-8-3-9-23-49/h1-40H. The molecule has 0 atom stereocenters. The lowest BCUT2D eigenvalue weighted by Crippen LogP contribution is -2.10. The highest BCUT2D eigenvalue weighted by Crippen LogP contribution is 2.44. The highest BCUT2D eigenvalue weighted by Gasteiger charge is 2.20. The third-order valence-corrected chi connectivity index (χ3v) is 11.8. The second-order valence-electron chi connectivity index (χ2n) is 15.3. The average molecular weight is 765 g/mol. The number of rotatable bonds is 8. The van der Waals surface area contributed by atoms with Gasteiger partial charge in [0.05, 0.1) is 11.0 Å². The predicted molar refractivity (Wildman–Crippen MR) is 255 cm³/mol. The Morgan fingerprint density at radius 1 is 0.283 bits per heavy atom. The molecule has 60 heavy (non-hydrogen) atoms. The molecule has 0 unspecified atom stereocenters. The van der Waals surface area contributed by atoms with Gasteiger partial charge in [-0.2, -0.15) is 0 Å². The first-order valence-electron chi connectivity index (χ1n) is 20.6. The van der Waals surface area contributed by atoms with Crippen LogP contribution in [0.1, 0.15) is 0 Å². The van der Waals surface area contributed by atoms with E-state index in [-0.39, 0.29) is 0 Å². The Labute approximate surface area is 350 Å². The fraction of sp³-hybridized carbons (Fsp3) is 0. The molecule has 0 radical (unpaired) electrons. The Morgan fingerprint density at radius 3 is 1.43 bits per heavy atom. The van der Waals surface area contributed by atoms with Crippen molar-refractivity contribution < 1.29 is 0 Å². The van der Waals surface area contributed by atoms with Crippen molar-refractivity contribution in [3.8, 4) is 50.2 Å². The van der Waals surface area contributed by atoms with Gasteiger partial charge in [-0.3, -0.25) is 0 Å². The van der Waals surface area contributed by atoms with Crippen molar-refractivity contribution in [2.24, 2.45) is 0 Å². The third-order valence-electron chi connectivity index (χ3n) is 11.8. The fourth-order valence-corrected chi connectivity index (χ4v) is 8.93. The summed E-state index contributed by atoms with van der Waals surface area (Å²) in [6, 6.07) is 87.8. The van der Waals surface area contributed by atoms with E-state index in [0.29, 0.717) is 0 Å². The molecule has 0 saturated heterocycles. The Hall–Kier alpha value is -7.94. The second-order valence-corrected chi connectivity index (χ2v) is 15.3. The van der Waals surface area contributed by atoms with Gasteiger partial charge in [-0.05, 0) is 116 Å². The smallest absolute Gasteiger partial charge is 0.0547 e. The van der Waals surface area contributed by atoms with Crippen LogP contribution in [0, 0.1) is 0 Å². The van der Waals surface area contributed by atoms with Gasteiger partial charge in [-0.1, -0.05) is 182 Å². The van der Waals surface area contributed by atoms with E-state index in [9.17, 15) is 0 Å². The summed E-state index contributed by atoms with van der Waals surface area (Å²) in [6.45, 7) is 0. The number of nitrogens with zero attached hydrogens (tertiary/aromatic N) is 2. The minimum absolute atomic E-state index is 1.09. The number of para-hydroxylation sites is 1. The molecule has 0 fully saturated rings. The van der Waals surface area contributed by atoms with Crippen molar-refractivity contribution in [2.75, 3.05) is 4.90 Å². The van der Waals surface area contributed by atoms with Gasteiger partial charge in [-0.15, -0.1) is 0 Å². The van der Waals surface area contributed by atoms with Crippen LogP contribution in [0.5, 0.6) is 0 Å². The van der Waals surface area contributed by atoms with Crippen LogP contribution < -0.4 is 4.90 Å². The number of benzene rings is 10. The molecule has 0 amide bonds. The van der Waals surface area contributed by atoms with E-state index in [1.165, 1.54) is 71.5 Å². The lowest BCUT2D eigenvalue weighted by molar-refractivity contribution is 1.18. The van der Waals surface area contributed by atoms with Crippen molar-refractivity contribution in [1.82, 2.24) is 4.57 Å². The van der Waals surface area contributed by atoms with Crippen LogP contribution in [-0.4, -0.2) is 4.57 Å². The van der Waals surface area contributed by atoms with Crippen LogP contribution in [0.15, 0.2) is 243 Å². The third kappa shape index (κ3) is 6.32. The van der Waals surface area contributed by atoms with E-state index in [0.717, 1.165) is 28.3 Å². The first-order valence-corrected chi connectivity index (χ1v) is 20.6. The summed E-state index contributed by atoms with van der Waals surface area (Å²) < 4.78 is 2.42. The molecular formula is C58H40N2. The molecule has 0 N–H and O–H groups in total. The topological polar surface area (TPSA) is 8.17 Å². The molecule has 0 aliphatic carbocycles. The Balaban J connectivity index is 1.06. The molecule has 1 aromatic heterocycles. The summed E-state index contributed by atoms with van der Waals surface area (Å²) >= 11 is 0.